The number of aromatic nitrogens is 3. The Hall–Kier alpha value is -3.48. The van der Waals surface area contributed by atoms with Crippen LogP contribution in [0.15, 0.2) is 36.5 Å². The van der Waals surface area contributed by atoms with E-state index in [1.165, 1.54) is 0 Å². The van der Waals surface area contributed by atoms with Crippen molar-refractivity contribution in [2.24, 2.45) is 0 Å². The van der Waals surface area contributed by atoms with Gasteiger partial charge in [0.05, 0.1) is 35.8 Å². The zero-order valence-corrected chi connectivity index (χ0v) is 15.1. The normalized spacial score (nSPS) is 15.9. The SMILES string of the molecule is COc1ccc2c(ccn2-c2cc3nc(N)nc(N)c3c3c2C(C)CO3)c1. The topological polar surface area (TPSA) is 101 Å². The average molecular weight is 361 g/mol. The first kappa shape index (κ1) is 15.7. The van der Waals surface area contributed by atoms with Gasteiger partial charge in [0.15, 0.2) is 0 Å². The minimum Gasteiger partial charge on any atom is -0.497 e. The van der Waals surface area contributed by atoms with Crippen LogP contribution in [-0.4, -0.2) is 28.3 Å². The Morgan fingerprint density at radius 1 is 1.19 bits per heavy atom. The zero-order valence-electron chi connectivity index (χ0n) is 15.1. The second kappa shape index (κ2) is 5.51. The Bertz CT molecular complexity index is 1210. The lowest BCUT2D eigenvalue weighted by molar-refractivity contribution is 0.340. The summed E-state index contributed by atoms with van der Waals surface area (Å²) in [5.41, 5.74) is 15.8. The highest BCUT2D eigenvalue weighted by molar-refractivity contribution is 5.98. The van der Waals surface area contributed by atoms with E-state index in [9.17, 15) is 0 Å². The summed E-state index contributed by atoms with van der Waals surface area (Å²) in [7, 11) is 1.67. The van der Waals surface area contributed by atoms with Gasteiger partial charge in [-0.25, -0.2) is 4.98 Å². The maximum Gasteiger partial charge on any atom is 0.222 e. The summed E-state index contributed by atoms with van der Waals surface area (Å²) in [6.45, 7) is 2.74. The van der Waals surface area contributed by atoms with E-state index in [2.05, 4.69) is 27.5 Å². The molecule has 7 nitrogen and oxygen atoms in total. The molecule has 2 aromatic carbocycles. The Morgan fingerprint density at radius 3 is 2.85 bits per heavy atom. The van der Waals surface area contributed by atoms with Gasteiger partial charge in [0, 0.05) is 23.1 Å². The summed E-state index contributed by atoms with van der Waals surface area (Å²) in [5.74, 6) is 2.31. The van der Waals surface area contributed by atoms with E-state index in [4.69, 9.17) is 20.9 Å². The van der Waals surface area contributed by atoms with Crippen LogP contribution in [0, 0.1) is 0 Å². The highest BCUT2D eigenvalue weighted by Crippen LogP contribution is 2.45. The molecule has 0 aliphatic carbocycles. The maximum atomic E-state index is 6.13. The van der Waals surface area contributed by atoms with E-state index < -0.39 is 0 Å². The smallest absolute Gasteiger partial charge is 0.222 e. The molecule has 4 aromatic rings. The lowest BCUT2D eigenvalue weighted by Crippen LogP contribution is -2.04. The number of fused-ring (bicyclic) bond motifs is 4. The van der Waals surface area contributed by atoms with Crippen LogP contribution in [0.5, 0.6) is 11.5 Å². The first-order valence-electron chi connectivity index (χ1n) is 8.74. The van der Waals surface area contributed by atoms with Crippen LogP contribution in [0.1, 0.15) is 18.4 Å². The van der Waals surface area contributed by atoms with Crippen molar-refractivity contribution in [2.45, 2.75) is 12.8 Å². The molecule has 4 N–H and O–H groups in total. The average Bonchev–Trinajstić information content (AvgIpc) is 3.24. The third-order valence-corrected chi connectivity index (χ3v) is 5.13. The number of nitrogens with zero attached hydrogens (tertiary/aromatic N) is 3. The fourth-order valence-electron chi connectivity index (χ4n) is 3.88. The molecule has 1 unspecified atom stereocenters. The first-order valence-corrected chi connectivity index (χ1v) is 8.74. The van der Waals surface area contributed by atoms with Gasteiger partial charge in [0.25, 0.3) is 0 Å². The monoisotopic (exact) mass is 361 g/mol. The van der Waals surface area contributed by atoms with Crippen molar-refractivity contribution in [3.63, 3.8) is 0 Å². The molecular weight excluding hydrogens is 342 g/mol. The summed E-state index contributed by atoms with van der Waals surface area (Å²) in [4.78, 5) is 8.50. The van der Waals surface area contributed by atoms with Crippen LogP contribution in [0.4, 0.5) is 11.8 Å². The van der Waals surface area contributed by atoms with Gasteiger partial charge in [0.2, 0.25) is 5.95 Å². The number of nitrogens with two attached hydrogens (primary N) is 2. The van der Waals surface area contributed by atoms with Gasteiger partial charge in [-0.3, -0.25) is 0 Å². The van der Waals surface area contributed by atoms with Crippen molar-refractivity contribution in [1.29, 1.82) is 0 Å². The van der Waals surface area contributed by atoms with Crippen LogP contribution in [0.2, 0.25) is 0 Å². The largest absolute Gasteiger partial charge is 0.497 e. The van der Waals surface area contributed by atoms with E-state index in [0.29, 0.717) is 17.9 Å². The summed E-state index contributed by atoms with van der Waals surface area (Å²) in [6.07, 6.45) is 2.05. The van der Waals surface area contributed by atoms with E-state index in [0.717, 1.165) is 39.0 Å². The summed E-state index contributed by atoms with van der Waals surface area (Å²) in [5, 5.41) is 1.82. The molecule has 0 radical (unpaired) electrons. The van der Waals surface area contributed by atoms with E-state index in [1.54, 1.807) is 7.11 Å². The number of ether oxygens (including phenoxy) is 2. The molecule has 1 aliphatic heterocycles. The molecule has 27 heavy (non-hydrogen) atoms. The Balaban J connectivity index is 1.85. The van der Waals surface area contributed by atoms with Gasteiger partial charge < -0.3 is 25.5 Å². The van der Waals surface area contributed by atoms with Crippen molar-refractivity contribution in [2.75, 3.05) is 25.2 Å². The molecule has 7 heteroatoms. The van der Waals surface area contributed by atoms with Crippen molar-refractivity contribution in [3.05, 3.63) is 42.1 Å². The standard InChI is InChI=1S/C20H19N5O2/c1-10-9-27-18-16(10)15(8-13-17(18)19(21)24-20(22)23-13)25-6-5-11-7-12(26-2)3-4-14(11)25/h3-8,10H,9H2,1-2H3,(H4,21,22,23,24). The Morgan fingerprint density at radius 2 is 2.04 bits per heavy atom. The van der Waals surface area contributed by atoms with Crippen LogP contribution >= 0.6 is 0 Å². The Labute approximate surface area is 155 Å². The van der Waals surface area contributed by atoms with Crippen molar-refractivity contribution in [1.82, 2.24) is 14.5 Å². The molecule has 0 amide bonds. The van der Waals surface area contributed by atoms with Crippen LogP contribution in [0.3, 0.4) is 0 Å². The molecule has 0 saturated carbocycles. The number of benzene rings is 2. The summed E-state index contributed by atoms with van der Waals surface area (Å²) < 4.78 is 13.5. The number of anilines is 2. The fourth-order valence-corrected chi connectivity index (χ4v) is 3.88. The third-order valence-electron chi connectivity index (χ3n) is 5.13. The van der Waals surface area contributed by atoms with E-state index in [-0.39, 0.29) is 11.9 Å². The highest BCUT2D eigenvalue weighted by Gasteiger charge is 2.29. The van der Waals surface area contributed by atoms with Gasteiger partial charge in [-0.2, -0.15) is 4.98 Å². The molecule has 0 saturated heterocycles. The van der Waals surface area contributed by atoms with E-state index in [1.807, 2.05) is 30.5 Å². The molecule has 0 fully saturated rings. The second-order valence-corrected chi connectivity index (χ2v) is 6.82. The minimum absolute atomic E-state index is 0.152. The summed E-state index contributed by atoms with van der Waals surface area (Å²) in [6, 6.07) is 10.1. The van der Waals surface area contributed by atoms with Gasteiger partial charge in [-0.1, -0.05) is 6.92 Å². The zero-order chi connectivity index (χ0) is 18.7. The third kappa shape index (κ3) is 2.21. The molecule has 0 bridgehead atoms. The van der Waals surface area contributed by atoms with Gasteiger partial charge >= 0.3 is 0 Å². The van der Waals surface area contributed by atoms with Gasteiger partial charge in [-0.15, -0.1) is 0 Å². The molecule has 3 heterocycles. The number of hydrogen-bond donors (Lipinski definition) is 2. The lowest BCUT2D eigenvalue weighted by Gasteiger charge is -2.15. The molecule has 1 aliphatic rings. The molecule has 0 spiro atoms. The predicted molar refractivity (Wildman–Crippen MR) is 106 cm³/mol. The summed E-state index contributed by atoms with van der Waals surface area (Å²) >= 11 is 0. The second-order valence-electron chi connectivity index (χ2n) is 6.82. The lowest BCUT2D eigenvalue weighted by atomic mass is 9.98. The van der Waals surface area contributed by atoms with Gasteiger partial charge in [0.1, 0.15) is 17.3 Å². The first-order chi connectivity index (χ1) is 13.1. The van der Waals surface area contributed by atoms with E-state index >= 15 is 0 Å². The quantitative estimate of drug-likeness (QED) is 0.568. The Kier molecular flexibility index (Phi) is 3.21. The number of hydrogen-bond acceptors (Lipinski definition) is 6. The van der Waals surface area contributed by atoms with Crippen LogP contribution in [0.25, 0.3) is 27.5 Å². The molecule has 2 aromatic heterocycles. The predicted octanol–water partition coefficient (Wildman–Crippen LogP) is 3.24. The highest BCUT2D eigenvalue weighted by atomic mass is 16.5. The molecular formula is C20H19N5O2. The van der Waals surface area contributed by atoms with Gasteiger partial charge in [-0.05, 0) is 30.3 Å². The molecule has 1 atom stereocenters. The number of nitrogen functional groups attached to an aromatic ring is 2. The van der Waals surface area contributed by atoms with Crippen molar-refractivity contribution >= 4 is 33.6 Å². The molecule has 136 valence electrons. The van der Waals surface area contributed by atoms with Crippen LogP contribution in [-0.2, 0) is 0 Å². The van der Waals surface area contributed by atoms with Crippen molar-refractivity contribution in [3.8, 4) is 17.2 Å². The number of methoxy groups -OCH3 is 1. The number of rotatable bonds is 2. The van der Waals surface area contributed by atoms with Crippen LogP contribution < -0.4 is 20.9 Å². The maximum absolute atomic E-state index is 6.13. The molecule has 5 rings (SSSR count). The fraction of sp³-hybridized carbons (Fsp3) is 0.200. The van der Waals surface area contributed by atoms with Crippen molar-refractivity contribution < 1.29 is 9.47 Å². The minimum atomic E-state index is 0.152.